The third kappa shape index (κ3) is 2.11. The summed E-state index contributed by atoms with van der Waals surface area (Å²) < 4.78 is 0. The van der Waals surface area contributed by atoms with Crippen LogP contribution in [0.5, 0.6) is 0 Å². The highest BCUT2D eigenvalue weighted by atomic mass is 35.7. The van der Waals surface area contributed by atoms with Crippen LogP contribution in [0.3, 0.4) is 0 Å². The molecule has 102 valence electrons. The van der Waals surface area contributed by atoms with Gasteiger partial charge < -0.3 is 0 Å². The van der Waals surface area contributed by atoms with E-state index in [1.807, 2.05) is 0 Å². The standard InChI is InChI=1S/C19H14ClP/c20-21-18-13-7-6-11-16(18)15-10-4-5-12-17(15)19(21)14-8-2-1-3-9-14/h1-13,19H. The number of halogens is 1. The zero-order valence-corrected chi connectivity index (χ0v) is 13.1. The molecule has 2 unspecified atom stereocenters. The molecule has 0 saturated carbocycles. The Labute approximate surface area is 130 Å². The van der Waals surface area contributed by atoms with E-state index in [4.69, 9.17) is 11.2 Å². The first-order valence-corrected chi connectivity index (χ1v) is 9.36. The zero-order valence-electron chi connectivity index (χ0n) is 11.4. The summed E-state index contributed by atoms with van der Waals surface area (Å²) in [6.07, 6.45) is 0. The van der Waals surface area contributed by atoms with Crippen molar-refractivity contribution in [2.24, 2.45) is 0 Å². The van der Waals surface area contributed by atoms with E-state index in [1.54, 1.807) is 0 Å². The Hall–Kier alpha value is -1.62. The normalized spacial score (nSPS) is 19.7. The molecule has 2 heteroatoms. The van der Waals surface area contributed by atoms with Crippen LogP contribution in [-0.4, -0.2) is 0 Å². The average molecular weight is 309 g/mol. The van der Waals surface area contributed by atoms with Gasteiger partial charge in [0.25, 0.3) is 0 Å². The van der Waals surface area contributed by atoms with Gasteiger partial charge in [0.15, 0.2) is 0 Å². The average Bonchev–Trinajstić information content (AvgIpc) is 2.56. The van der Waals surface area contributed by atoms with Gasteiger partial charge in [-0.15, -0.1) is 0 Å². The van der Waals surface area contributed by atoms with Crippen molar-refractivity contribution < 1.29 is 0 Å². The lowest BCUT2D eigenvalue weighted by atomic mass is 9.94. The van der Waals surface area contributed by atoms with Crippen molar-refractivity contribution in [3.8, 4) is 11.1 Å². The van der Waals surface area contributed by atoms with Crippen molar-refractivity contribution in [3.63, 3.8) is 0 Å². The van der Waals surface area contributed by atoms with Gasteiger partial charge in [0.05, 0.1) is 0 Å². The summed E-state index contributed by atoms with van der Waals surface area (Å²) in [5.74, 6) is 0. The second-order valence-corrected chi connectivity index (χ2v) is 7.94. The van der Waals surface area contributed by atoms with Crippen LogP contribution in [0.1, 0.15) is 16.8 Å². The van der Waals surface area contributed by atoms with Crippen molar-refractivity contribution in [1.82, 2.24) is 0 Å². The van der Waals surface area contributed by atoms with Crippen molar-refractivity contribution in [1.29, 1.82) is 0 Å². The van der Waals surface area contributed by atoms with Gasteiger partial charge in [0.2, 0.25) is 0 Å². The minimum absolute atomic E-state index is 0.272. The number of hydrogen-bond acceptors (Lipinski definition) is 0. The SMILES string of the molecule is ClP1c2ccccc2-c2ccccc2C1c1ccccc1. The lowest BCUT2D eigenvalue weighted by molar-refractivity contribution is 1.14. The summed E-state index contributed by atoms with van der Waals surface area (Å²) in [7, 11) is -0.762. The molecule has 1 aliphatic rings. The summed E-state index contributed by atoms with van der Waals surface area (Å²) in [5.41, 5.74) is 5.54. The Morgan fingerprint density at radius 1 is 0.667 bits per heavy atom. The van der Waals surface area contributed by atoms with Crippen molar-refractivity contribution in [2.45, 2.75) is 5.66 Å². The highest BCUT2D eigenvalue weighted by Gasteiger charge is 2.33. The lowest BCUT2D eigenvalue weighted by Gasteiger charge is -2.32. The van der Waals surface area contributed by atoms with E-state index in [1.165, 1.54) is 27.6 Å². The number of fused-ring (bicyclic) bond motifs is 3. The quantitative estimate of drug-likeness (QED) is 0.504. The highest BCUT2D eigenvalue weighted by Crippen LogP contribution is 2.62. The first-order chi connectivity index (χ1) is 10.4. The summed E-state index contributed by atoms with van der Waals surface area (Å²) >= 11 is 6.94. The predicted octanol–water partition coefficient (Wildman–Crippen LogP) is 5.72. The molecule has 4 rings (SSSR count). The molecule has 0 bridgehead atoms. The summed E-state index contributed by atoms with van der Waals surface area (Å²) in [5, 5.41) is 1.29. The molecular weight excluding hydrogens is 295 g/mol. The Morgan fingerprint density at radius 3 is 2.10 bits per heavy atom. The molecule has 0 radical (unpaired) electrons. The van der Waals surface area contributed by atoms with Crippen LogP contribution in [0.15, 0.2) is 78.9 Å². The monoisotopic (exact) mass is 308 g/mol. The van der Waals surface area contributed by atoms with Crippen LogP contribution >= 0.6 is 18.5 Å². The van der Waals surface area contributed by atoms with Gasteiger partial charge in [0, 0.05) is 12.9 Å². The minimum atomic E-state index is -0.762. The molecule has 0 nitrogen and oxygen atoms in total. The summed E-state index contributed by atoms with van der Waals surface area (Å²) in [6, 6.07) is 27.8. The van der Waals surface area contributed by atoms with Gasteiger partial charge in [-0.2, -0.15) is 0 Å². The summed E-state index contributed by atoms with van der Waals surface area (Å²) in [4.78, 5) is 0. The van der Waals surface area contributed by atoms with Gasteiger partial charge in [0.1, 0.15) is 0 Å². The molecule has 0 saturated heterocycles. The van der Waals surface area contributed by atoms with Crippen LogP contribution in [0.25, 0.3) is 11.1 Å². The maximum Gasteiger partial charge on any atom is 0.0476 e. The molecule has 3 aromatic carbocycles. The second-order valence-electron chi connectivity index (χ2n) is 5.23. The molecule has 0 spiro atoms. The minimum Gasteiger partial charge on any atom is -0.0901 e. The molecule has 0 aromatic heterocycles. The number of hydrogen-bond donors (Lipinski definition) is 0. The second kappa shape index (κ2) is 5.30. The molecule has 21 heavy (non-hydrogen) atoms. The fourth-order valence-electron chi connectivity index (χ4n) is 3.08. The van der Waals surface area contributed by atoms with E-state index in [2.05, 4.69) is 78.9 Å². The van der Waals surface area contributed by atoms with Crippen molar-refractivity contribution in [3.05, 3.63) is 90.0 Å². The van der Waals surface area contributed by atoms with Gasteiger partial charge in [-0.25, -0.2) is 0 Å². The van der Waals surface area contributed by atoms with Crippen LogP contribution < -0.4 is 5.30 Å². The van der Waals surface area contributed by atoms with Crippen LogP contribution in [0.2, 0.25) is 0 Å². The topological polar surface area (TPSA) is 0 Å². The Balaban J connectivity index is 1.99. The maximum absolute atomic E-state index is 6.94. The highest BCUT2D eigenvalue weighted by molar-refractivity contribution is 7.90. The van der Waals surface area contributed by atoms with Crippen LogP contribution in [0, 0.1) is 0 Å². The molecule has 0 fully saturated rings. The van der Waals surface area contributed by atoms with E-state index in [0.717, 1.165) is 0 Å². The van der Waals surface area contributed by atoms with Gasteiger partial charge in [-0.1, -0.05) is 90.1 Å². The third-order valence-corrected chi connectivity index (χ3v) is 7.03. The maximum atomic E-state index is 6.94. The molecule has 0 aliphatic carbocycles. The zero-order chi connectivity index (χ0) is 14.2. The molecular formula is C19H14ClP. The first kappa shape index (κ1) is 13.1. The fraction of sp³-hybridized carbons (Fsp3) is 0.0526. The third-order valence-electron chi connectivity index (χ3n) is 4.02. The van der Waals surface area contributed by atoms with Crippen molar-refractivity contribution >= 4 is 23.8 Å². The Morgan fingerprint density at radius 2 is 1.29 bits per heavy atom. The predicted molar refractivity (Wildman–Crippen MR) is 92.6 cm³/mol. The van der Waals surface area contributed by atoms with E-state index in [0.29, 0.717) is 0 Å². The van der Waals surface area contributed by atoms with Crippen LogP contribution in [-0.2, 0) is 0 Å². The Kier molecular flexibility index (Phi) is 3.30. The smallest absolute Gasteiger partial charge is 0.0476 e. The molecule has 1 aliphatic heterocycles. The molecule has 3 aromatic rings. The van der Waals surface area contributed by atoms with E-state index < -0.39 is 7.27 Å². The molecule has 1 heterocycles. The molecule has 2 atom stereocenters. The van der Waals surface area contributed by atoms with Gasteiger partial charge in [-0.05, 0) is 27.6 Å². The van der Waals surface area contributed by atoms with E-state index in [9.17, 15) is 0 Å². The van der Waals surface area contributed by atoms with E-state index in [-0.39, 0.29) is 5.66 Å². The van der Waals surface area contributed by atoms with E-state index >= 15 is 0 Å². The molecule has 0 N–H and O–H groups in total. The molecule has 0 amide bonds. The fourth-order valence-corrected chi connectivity index (χ4v) is 6.01. The summed E-state index contributed by atoms with van der Waals surface area (Å²) in [6.45, 7) is 0. The Bertz CT molecular complexity index is 782. The largest absolute Gasteiger partial charge is 0.0901 e. The number of benzene rings is 3. The number of rotatable bonds is 1. The van der Waals surface area contributed by atoms with Crippen molar-refractivity contribution in [2.75, 3.05) is 0 Å². The van der Waals surface area contributed by atoms with Gasteiger partial charge in [-0.3, -0.25) is 0 Å². The van der Waals surface area contributed by atoms with Gasteiger partial charge >= 0.3 is 0 Å². The first-order valence-electron chi connectivity index (χ1n) is 7.04. The lowest BCUT2D eigenvalue weighted by Crippen LogP contribution is -2.15. The van der Waals surface area contributed by atoms with Crippen LogP contribution in [0.4, 0.5) is 0 Å².